The third kappa shape index (κ3) is 4.02. The van der Waals surface area contributed by atoms with Crippen LogP contribution in [0, 0.1) is 5.41 Å². The largest absolute Gasteiger partial charge is 0.492 e. The van der Waals surface area contributed by atoms with Gasteiger partial charge in [-0.15, -0.1) is 0 Å². The van der Waals surface area contributed by atoms with Crippen molar-refractivity contribution in [1.82, 2.24) is 9.80 Å². The molecule has 122 valence electrons. The van der Waals surface area contributed by atoms with Gasteiger partial charge in [-0.05, 0) is 62.9 Å². The van der Waals surface area contributed by atoms with Crippen molar-refractivity contribution < 1.29 is 4.74 Å². The summed E-state index contributed by atoms with van der Waals surface area (Å²) in [6.07, 6.45) is 5.45. The SMILES string of the molecule is CCCN1CC[C@]2(CCCN(CCOc3ccccc3)C2)C1. The van der Waals surface area contributed by atoms with Crippen LogP contribution in [0.25, 0.3) is 0 Å². The molecular formula is C19H30N2O. The van der Waals surface area contributed by atoms with E-state index in [1.165, 1.54) is 58.4 Å². The normalized spacial score (nSPS) is 26.6. The topological polar surface area (TPSA) is 15.7 Å². The quantitative estimate of drug-likeness (QED) is 0.802. The molecule has 3 nitrogen and oxygen atoms in total. The van der Waals surface area contributed by atoms with E-state index >= 15 is 0 Å². The van der Waals surface area contributed by atoms with Crippen molar-refractivity contribution in [3.63, 3.8) is 0 Å². The summed E-state index contributed by atoms with van der Waals surface area (Å²) < 4.78 is 5.87. The minimum atomic E-state index is 0.570. The summed E-state index contributed by atoms with van der Waals surface area (Å²) in [6, 6.07) is 10.2. The second kappa shape index (κ2) is 7.47. The van der Waals surface area contributed by atoms with Crippen LogP contribution in [0.2, 0.25) is 0 Å². The van der Waals surface area contributed by atoms with Crippen molar-refractivity contribution in [3.05, 3.63) is 30.3 Å². The first-order chi connectivity index (χ1) is 10.8. The van der Waals surface area contributed by atoms with Gasteiger partial charge in [-0.1, -0.05) is 25.1 Å². The molecule has 0 N–H and O–H groups in total. The number of rotatable bonds is 6. The van der Waals surface area contributed by atoms with Gasteiger partial charge in [-0.3, -0.25) is 4.90 Å². The van der Waals surface area contributed by atoms with Crippen LogP contribution < -0.4 is 4.74 Å². The summed E-state index contributed by atoms with van der Waals surface area (Å²) in [5.41, 5.74) is 0.570. The van der Waals surface area contributed by atoms with Crippen LogP contribution >= 0.6 is 0 Å². The standard InChI is InChI=1S/C19H30N2O/c1-2-11-20-13-10-19(16-20)9-6-12-21(17-19)14-15-22-18-7-4-3-5-8-18/h3-5,7-8H,2,6,9-17H2,1H3/t19-/m1/s1. The molecule has 3 rings (SSSR count). The van der Waals surface area contributed by atoms with Gasteiger partial charge >= 0.3 is 0 Å². The molecule has 2 saturated heterocycles. The van der Waals surface area contributed by atoms with Gasteiger partial charge in [-0.2, -0.15) is 0 Å². The first-order valence-electron chi connectivity index (χ1n) is 8.92. The summed E-state index contributed by atoms with van der Waals surface area (Å²) in [5.74, 6) is 0.990. The monoisotopic (exact) mass is 302 g/mol. The zero-order valence-electron chi connectivity index (χ0n) is 14.0. The molecule has 1 aromatic carbocycles. The Labute approximate surface area is 135 Å². The number of ether oxygens (including phenoxy) is 1. The Hall–Kier alpha value is -1.06. The van der Waals surface area contributed by atoms with E-state index in [0.717, 1.165) is 18.9 Å². The van der Waals surface area contributed by atoms with Gasteiger partial charge in [0.1, 0.15) is 12.4 Å². The van der Waals surface area contributed by atoms with E-state index in [9.17, 15) is 0 Å². The van der Waals surface area contributed by atoms with E-state index in [1.807, 2.05) is 30.3 Å². The number of benzene rings is 1. The molecule has 0 saturated carbocycles. The molecule has 2 heterocycles. The minimum absolute atomic E-state index is 0.570. The lowest BCUT2D eigenvalue weighted by Gasteiger charge is -2.40. The zero-order valence-corrected chi connectivity index (χ0v) is 14.0. The maximum absolute atomic E-state index is 5.87. The average molecular weight is 302 g/mol. The Morgan fingerprint density at radius 2 is 1.77 bits per heavy atom. The number of likely N-dealkylation sites (tertiary alicyclic amines) is 2. The number of piperidine rings is 1. The lowest BCUT2D eigenvalue weighted by atomic mass is 9.79. The van der Waals surface area contributed by atoms with E-state index in [4.69, 9.17) is 4.74 Å². The summed E-state index contributed by atoms with van der Waals surface area (Å²) in [5, 5.41) is 0. The fourth-order valence-electron chi connectivity index (χ4n) is 4.18. The molecule has 2 aliphatic rings. The van der Waals surface area contributed by atoms with Crippen molar-refractivity contribution >= 4 is 0 Å². The highest BCUT2D eigenvalue weighted by Crippen LogP contribution is 2.38. The maximum Gasteiger partial charge on any atom is 0.119 e. The molecule has 0 radical (unpaired) electrons. The minimum Gasteiger partial charge on any atom is -0.492 e. The van der Waals surface area contributed by atoms with E-state index in [2.05, 4.69) is 16.7 Å². The Bertz CT molecular complexity index is 450. The van der Waals surface area contributed by atoms with Crippen LogP contribution in [0.15, 0.2) is 30.3 Å². The van der Waals surface area contributed by atoms with Gasteiger partial charge < -0.3 is 9.64 Å². The fourth-order valence-corrected chi connectivity index (χ4v) is 4.18. The molecule has 2 fully saturated rings. The number of para-hydroxylation sites is 1. The second-order valence-corrected chi connectivity index (χ2v) is 7.07. The molecular weight excluding hydrogens is 272 g/mol. The number of hydrogen-bond donors (Lipinski definition) is 0. The third-order valence-corrected chi connectivity index (χ3v) is 5.22. The van der Waals surface area contributed by atoms with Crippen molar-refractivity contribution in [2.24, 2.45) is 5.41 Å². The van der Waals surface area contributed by atoms with Crippen molar-refractivity contribution in [3.8, 4) is 5.75 Å². The summed E-state index contributed by atoms with van der Waals surface area (Å²) >= 11 is 0. The van der Waals surface area contributed by atoms with Crippen LogP contribution in [0.4, 0.5) is 0 Å². The second-order valence-electron chi connectivity index (χ2n) is 7.07. The molecule has 3 heteroatoms. The average Bonchev–Trinajstić information content (AvgIpc) is 2.91. The van der Waals surface area contributed by atoms with Gasteiger partial charge in [0.05, 0.1) is 0 Å². The Kier molecular flexibility index (Phi) is 5.37. The summed E-state index contributed by atoms with van der Waals surface area (Å²) in [4.78, 5) is 5.30. The zero-order chi connectivity index (χ0) is 15.3. The molecule has 0 amide bonds. The Balaban J connectivity index is 1.45. The molecule has 0 aromatic heterocycles. The number of hydrogen-bond acceptors (Lipinski definition) is 3. The van der Waals surface area contributed by atoms with Crippen molar-refractivity contribution in [1.29, 1.82) is 0 Å². The van der Waals surface area contributed by atoms with Gasteiger partial charge in [0.2, 0.25) is 0 Å². The molecule has 0 bridgehead atoms. The smallest absolute Gasteiger partial charge is 0.119 e. The first kappa shape index (κ1) is 15.8. The van der Waals surface area contributed by atoms with Gasteiger partial charge in [0.15, 0.2) is 0 Å². The number of nitrogens with zero attached hydrogens (tertiary/aromatic N) is 2. The summed E-state index contributed by atoms with van der Waals surface area (Å²) in [7, 11) is 0. The van der Waals surface area contributed by atoms with Gasteiger partial charge in [-0.25, -0.2) is 0 Å². The van der Waals surface area contributed by atoms with Crippen molar-refractivity contribution in [2.45, 2.75) is 32.6 Å². The first-order valence-corrected chi connectivity index (χ1v) is 8.92. The predicted molar refractivity (Wildman–Crippen MR) is 91.4 cm³/mol. The molecule has 22 heavy (non-hydrogen) atoms. The fraction of sp³-hybridized carbons (Fsp3) is 0.684. The maximum atomic E-state index is 5.87. The van der Waals surface area contributed by atoms with E-state index < -0.39 is 0 Å². The lowest BCUT2D eigenvalue weighted by molar-refractivity contribution is 0.0811. The van der Waals surface area contributed by atoms with E-state index in [-0.39, 0.29) is 0 Å². The van der Waals surface area contributed by atoms with Crippen LogP contribution in [-0.4, -0.2) is 55.7 Å². The van der Waals surface area contributed by atoms with Crippen LogP contribution in [-0.2, 0) is 0 Å². The molecule has 0 unspecified atom stereocenters. The summed E-state index contributed by atoms with van der Waals surface area (Å²) in [6.45, 7) is 10.6. The molecule has 1 spiro atoms. The molecule has 2 aliphatic heterocycles. The van der Waals surface area contributed by atoms with Gasteiger partial charge in [0.25, 0.3) is 0 Å². The van der Waals surface area contributed by atoms with E-state index in [1.54, 1.807) is 0 Å². The highest BCUT2D eigenvalue weighted by atomic mass is 16.5. The van der Waals surface area contributed by atoms with Crippen LogP contribution in [0.5, 0.6) is 5.75 Å². The van der Waals surface area contributed by atoms with E-state index in [0.29, 0.717) is 5.41 Å². The highest BCUT2D eigenvalue weighted by molar-refractivity contribution is 5.20. The van der Waals surface area contributed by atoms with Crippen molar-refractivity contribution in [2.75, 3.05) is 45.9 Å². The Morgan fingerprint density at radius 1 is 1.00 bits per heavy atom. The van der Waals surface area contributed by atoms with Crippen LogP contribution in [0.1, 0.15) is 32.6 Å². The lowest BCUT2D eigenvalue weighted by Crippen LogP contribution is -2.46. The third-order valence-electron chi connectivity index (χ3n) is 5.22. The molecule has 1 atom stereocenters. The highest BCUT2D eigenvalue weighted by Gasteiger charge is 2.40. The predicted octanol–water partition coefficient (Wildman–Crippen LogP) is 3.26. The Morgan fingerprint density at radius 3 is 2.55 bits per heavy atom. The van der Waals surface area contributed by atoms with Crippen LogP contribution in [0.3, 0.4) is 0 Å². The molecule has 0 aliphatic carbocycles. The van der Waals surface area contributed by atoms with Gasteiger partial charge in [0, 0.05) is 19.6 Å². The molecule has 1 aromatic rings.